The third-order valence-corrected chi connectivity index (χ3v) is 8.55. The van der Waals surface area contributed by atoms with Crippen LogP contribution >= 0.6 is 11.6 Å². The molecule has 11 heteroatoms. The number of hydrogen-bond acceptors (Lipinski definition) is 7. The molecule has 0 unspecified atom stereocenters. The zero-order valence-corrected chi connectivity index (χ0v) is 24.2. The highest BCUT2D eigenvalue weighted by Gasteiger charge is 2.52. The van der Waals surface area contributed by atoms with Crippen molar-refractivity contribution in [2.75, 3.05) is 13.7 Å². The Kier molecular flexibility index (Phi) is 7.57. The monoisotopic (exact) mass is 591 g/mol. The van der Waals surface area contributed by atoms with E-state index < -0.39 is 5.82 Å². The van der Waals surface area contributed by atoms with E-state index in [9.17, 15) is 14.0 Å². The topological polar surface area (TPSA) is 108 Å². The summed E-state index contributed by atoms with van der Waals surface area (Å²) in [4.78, 5) is 33.4. The second-order valence-electron chi connectivity index (χ2n) is 11.4. The molecule has 6 rings (SSSR count). The predicted octanol–water partition coefficient (Wildman–Crippen LogP) is 5.58. The Balaban J connectivity index is 1.12. The van der Waals surface area contributed by atoms with Crippen molar-refractivity contribution in [3.63, 3.8) is 0 Å². The number of carbonyl (C=O) groups is 2. The molecule has 4 aromatic rings. The van der Waals surface area contributed by atoms with Crippen LogP contribution in [0.15, 0.2) is 48.9 Å². The Bertz CT molecular complexity index is 1640. The van der Waals surface area contributed by atoms with Crippen molar-refractivity contribution in [1.29, 1.82) is 0 Å². The fraction of sp³-hybridized carbons (Fsp3) is 0.387. The van der Waals surface area contributed by atoms with Gasteiger partial charge in [-0.15, -0.1) is 0 Å². The maximum absolute atomic E-state index is 14.0. The van der Waals surface area contributed by atoms with Gasteiger partial charge in [0.1, 0.15) is 11.6 Å². The summed E-state index contributed by atoms with van der Waals surface area (Å²) < 4.78 is 25.9. The summed E-state index contributed by atoms with van der Waals surface area (Å²) in [7, 11) is 1.48. The Labute approximate surface area is 247 Å². The summed E-state index contributed by atoms with van der Waals surface area (Å²) >= 11 is 6.38. The van der Waals surface area contributed by atoms with Crippen molar-refractivity contribution in [3.05, 3.63) is 71.0 Å². The number of amides is 1. The first-order chi connectivity index (χ1) is 20.2. The van der Waals surface area contributed by atoms with Crippen molar-refractivity contribution in [3.8, 4) is 17.0 Å². The van der Waals surface area contributed by atoms with E-state index in [2.05, 4.69) is 20.4 Å². The van der Waals surface area contributed by atoms with Crippen LogP contribution in [0.5, 0.6) is 5.75 Å². The minimum atomic E-state index is -0.423. The predicted molar refractivity (Wildman–Crippen MR) is 155 cm³/mol. The molecule has 2 saturated carbocycles. The van der Waals surface area contributed by atoms with E-state index >= 15 is 0 Å². The van der Waals surface area contributed by atoms with Crippen LogP contribution in [-0.4, -0.2) is 51.4 Å². The Hall–Kier alpha value is -4.05. The van der Waals surface area contributed by atoms with Crippen molar-refractivity contribution >= 4 is 34.4 Å². The third kappa shape index (κ3) is 5.81. The first-order valence-electron chi connectivity index (χ1n) is 14.0. The molecule has 9 nitrogen and oxygen atoms in total. The lowest BCUT2D eigenvalue weighted by atomic mass is 9.49. The van der Waals surface area contributed by atoms with Crippen LogP contribution in [0.25, 0.3) is 22.2 Å². The van der Waals surface area contributed by atoms with Gasteiger partial charge in [0, 0.05) is 35.0 Å². The van der Waals surface area contributed by atoms with Crippen LogP contribution in [0.1, 0.15) is 55.1 Å². The van der Waals surface area contributed by atoms with Crippen LogP contribution in [-0.2, 0) is 16.1 Å². The van der Waals surface area contributed by atoms with Gasteiger partial charge in [0.05, 0.1) is 61.3 Å². The normalized spacial score (nSPS) is 21.0. The lowest BCUT2D eigenvalue weighted by molar-refractivity contribution is -0.142. The summed E-state index contributed by atoms with van der Waals surface area (Å²) in [5.74, 6) is 0.134. The smallest absolute Gasteiger partial charge is 0.302 e. The van der Waals surface area contributed by atoms with Crippen molar-refractivity contribution in [1.82, 2.24) is 25.1 Å². The zero-order valence-electron chi connectivity index (χ0n) is 23.4. The first-order valence-corrected chi connectivity index (χ1v) is 14.3. The van der Waals surface area contributed by atoms with Crippen molar-refractivity contribution < 1.29 is 23.5 Å². The SMILES string of the molecule is COc1cc(F)cc(-c2cnc(Cn3ncc4cc(Cl)cc(C(=O)NC5CC6(CC(CCOC(C)=O)C6)C5)c43)cn2)c1. The minimum Gasteiger partial charge on any atom is -0.497 e. The maximum Gasteiger partial charge on any atom is 0.302 e. The average molecular weight is 592 g/mol. The molecule has 2 aromatic heterocycles. The Morgan fingerprint density at radius 1 is 1.10 bits per heavy atom. The van der Waals surface area contributed by atoms with Gasteiger partial charge in [0.15, 0.2) is 0 Å². The number of nitrogens with one attached hydrogen (secondary N) is 1. The van der Waals surface area contributed by atoms with E-state index in [-0.39, 0.29) is 24.5 Å². The first kappa shape index (κ1) is 28.1. The summed E-state index contributed by atoms with van der Waals surface area (Å²) in [6, 6.07) is 7.94. The Morgan fingerprint density at radius 3 is 2.62 bits per heavy atom. The van der Waals surface area contributed by atoms with Gasteiger partial charge in [-0.1, -0.05) is 11.6 Å². The lowest BCUT2D eigenvalue weighted by Crippen LogP contribution is -2.56. The van der Waals surface area contributed by atoms with Crippen molar-refractivity contribution in [2.24, 2.45) is 11.3 Å². The van der Waals surface area contributed by atoms with Crippen LogP contribution in [0.4, 0.5) is 4.39 Å². The van der Waals surface area contributed by atoms with E-state index in [1.54, 1.807) is 41.5 Å². The summed E-state index contributed by atoms with van der Waals surface area (Å²) in [5.41, 5.74) is 3.12. The molecule has 2 aliphatic rings. The van der Waals surface area contributed by atoms with E-state index in [4.69, 9.17) is 21.1 Å². The van der Waals surface area contributed by atoms with E-state index in [1.165, 1.54) is 26.2 Å². The van der Waals surface area contributed by atoms with Crippen LogP contribution in [0.2, 0.25) is 5.02 Å². The van der Waals surface area contributed by atoms with E-state index in [0.717, 1.165) is 37.5 Å². The number of rotatable bonds is 9. The lowest BCUT2D eigenvalue weighted by Gasteiger charge is -2.58. The number of esters is 1. The highest BCUT2D eigenvalue weighted by Crippen LogP contribution is 2.59. The van der Waals surface area contributed by atoms with Crippen LogP contribution in [0.3, 0.4) is 0 Å². The van der Waals surface area contributed by atoms with Gasteiger partial charge in [0.25, 0.3) is 5.91 Å². The fourth-order valence-corrected chi connectivity index (χ4v) is 6.71. The number of methoxy groups -OCH3 is 1. The molecule has 0 aliphatic heterocycles. The summed E-state index contributed by atoms with van der Waals surface area (Å²) in [6.45, 7) is 2.20. The molecule has 1 spiro atoms. The molecule has 0 bridgehead atoms. The zero-order chi connectivity index (χ0) is 29.4. The second kappa shape index (κ2) is 11.3. The van der Waals surface area contributed by atoms with Gasteiger partial charge in [-0.25, -0.2) is 4.39 Å². The number of benzene rings is 2. The molecule has 2 heterocycles. The van der Waals surface area contributed by atoms with Crippen LogP contribution in [0, 0.1) is 17.2 Å². The number of aromatic nitrogens is 4. The molecule has 218 valence electrons. The maximum atomic E-state index is 14.0. The largest absolute Gasteiger partial charge is 0.497 e. The number of hydrogen-bond donors (Lipinski definition) is 1. The number of nitrogens with zero attached hydrogens (tertiary/aromatic N) is 4. The van der Waals surface area contributed by atoms with Gasteiger partial charge < -0.3 is 14.8 Å². The molecule has 0 atom stereocenters. The molecular weight excluding hydrogens is 561 g/mol. The highest BCUT2D eigenvalue weighted by atomic mass is 35.5. The molecule has 1 amide bonds. The molecule has 2 fully saturated rings. The van der Waals surface area contributed by atoms with Gasteiger partial charge >= 0.3 is 5.97 Å². The molecule has 2 aromatic carbocycles. The van der Waals surface area contributed by atoms with Crippen molar-refractivity contribution in [2.45, 2.75) is 51.6 Å². The van der Waals surface area contributed by atoms with Gasteiger partial charge in [-0.2, -0.15) is 5.10 Å². The van der Waals surface area contributed by atoms with E-state index in [1.807, 2.05) is 0 Å². The number of carbonyl (C=O) groups excluding carboxylic acids is 2. The standard InChI is InChI=1S/C31H31ClFN5O4/c1-18(39)42-4-3-19-10-31(11-19)12-24(13-31)37-30(40)27-8-22(32)5-21-14-36-38(29(21)27)17-25-15-35-28(16-34-25)20-6-23(33)9-26(7-20)41-2/h5-9,14-16,19,24H,3-4,10-13,17H2,1-2H3,(H,37,40). The number of halogens is 2. The number of ether oxygens (including phenoxy) is 2. The molecule has 42 heavy (non-hydrogen) atoms. The Morgan fingerprint density at radius 2 is 1.90 bits per heavy atom. The van der Waals surface area contributed by atoms with E-state index in [0.29, 0.717) is 56.7 Å². The number of fused-ring (bicyclic) bond motifs is 1. The molecule has 1 N–H and O–H groups in total. The highest BCUT2D eigenvalue weighted by molar-refractivity contribution is 6.32. The van der Waals surface area contributed by atoms with Gasteiger partial charge in [-0.05, 0) is 67.7 Å². The minimum absolute atomic E-state index is 0.109. The van der Waals surface area contributed by atoms with Gasteiger partial charge in [-0.3, -0.25) is 24.2 Å². The second-order valence-corrected chi connectivity index (χ2v) is 11.9. The molecule has 2 aliphatic carbocycles. The quantitative estimate of drug-likeness (QED) is 0.253. The van der Waals surface area contributed by atoms with Crippen LogP contribution < -0.4 is 10.1 Å². The summed E-state index contributed by atoms with van der Waals surface area (Å²) in [6.07, 6.45) is 9.89. The average Bonchev–Trinajstić information content (AvgIpc) is 3.31. The summed E-state index contributed by atoms with van der Waals surface area (Å²) in [5, 5.41) is 8.91. The fourth-order valence-electron chi connectivity index (χ4n) is 6.48. The van der Waals surface area contributed by atoms with Gasteiger partial charge in [0.2, 0.25) is 0 Å². The molecule has 0 radical (unpaired) electrons. The third-order valence-electron chi connectivity index (χ3n) is 8.33. The molecular formula is C31H31ClFN5O4. The molecule has 0 saturated heterocycles.